The molecule has 0 saturated carbocycles. The molecule has 5 nitrogen and oxygen atoms in total. The molecule has 0 aliphatic carbocycles. The van der Waals surface area contributed by atoms with E-state index in [-0.39, 0.29) is 18.3 Å². The fraction of sp³-hybridized carbons (Fsp3) is 0.421. The van der Waals surface area contributed by atoms with Crippen LogP contribution in [0, 0.1) is 13.8 Å². The molecule has 0 aliphatic rings. The number of rotatable bonds is 5. The quantitative estimate of drug-likeness (QED) is 0.746. The second-order valence-corrected chi connectivity index (χ2v) is 6.84. The molecule has 6 heteroatoms. The molecule has 2 rings (SSSR count). The van der Waals surface area contributed by atoms with Crippen molar-refractivity contribution in [2.75, 3.05) is 0 Å². The first-order valence-corrected chi connectivity index (χ1v) is 9.33. The molecule has 25 heavy (non-hydrogen) atoms. The fourth-order valence-corrected chi connectivity index (χ4v) is 3.41. The second-order valence-electron chi connectivity index (χ2n) is 5.78. The highest BCUT2D eigenvalue weighted by Gasteiger charge is 2.20. The van der Waals surface area contributed by atoms with Crippen molar-refractivity contribution in [2.45, 2.75) is 53.9 Å². The van der Waals surface area contributed by atoms with E-state index in [1.165, 1.54) is 15.9 Å². The molecule has 1 aromatic carbocycles. The number of esters is 1. The highest BCUT2D eigenvalue weighted by atomic mass is 32.1. The third-order valence-corrected chi connectivity index (χ3v) is 4.95. The summed E-state index contributed by atoms with van der Waals surface area (Å²) >= 11 is 1.39. The molecule has 0 fully saturated rings. The maximum Gasteiger partial charge on any atom is 0.312 e. The Labute approximate surface area is 152 Å². The van der Waals surface area contributed by atoms with E-state index in [4.69, 9.17) is 4.74 Å². The number of hydrogen-bond donors (Lipinski definition) is 0. The van der Waals surface area contributed by atoms with Gasteiger partial charge in [0.05, 0.1) is 10.6 Å². The molecule has 0 amide bonds. The Morgan fingerprint density at radius 1 is 1.16 bits per heavy atom. The van der Waals surface area contributed by atoms with Crippen molar-refractivity contribution in [3.05, 3.63) is 39.0 Å². The van der Waals surface area contributed by atoms with E-state index in [2.05, 4.69) is 11.1 Å². The zero-order chi connectivity index (χ0) is 18.6. The summed E-state index contributed by atoms with van der Waals surface area (Å²) in [5.41, 5.74) is 3.00. The van der Waals surface area contributed by atoms with Crippen LogP contribution in [0.4, 0.5) is 5.69 Å². The number of aryl methyl sites for hydroxylation is 3. The van der Waals surface area contributed by atoms with Crippen LogP contribution in [-0.4, -0.2) is 16.4 Å². The zero-order valence-electron chi connectivity index (χ0n) is 15.4. The van der Waals surface area contributed by atoms with Crippen molar-refractivity contribution in [1.82, 2.24) is 4.57 Å². The third-order valence-electron chi connectivity index (χ3n) is 3.79. The molecular formula is C19H24N2O3S. The lowest BCUT2D eigenvalue weighted by atomic mass is 10.1. The third kappa shape index (κ3) is 4.25. The minimum Gasteiger partial charge on any atom is -0.408 e. The maximum absolute atomic E-state index is 12.5. The lowest BCUT2D eigenvalue weighted by molar-refractivity contribution is -0.134. The predicted octanol–water partition coefficient (Wildman–Crippen LogP) is 4.33. The maximum atomic E-state index is 12.5. The molecule has 1 aromatic heterocycles. The monoisotopic (exact) mass is 360 g/mol. The molecule has 1 heterocycles. The van der Waals surface area contributed by atoms with Gasteiger partial charge in [0, 0.05) is 12.8 Å². The summed E-state index contributed by atoms with van der Waals surface area (Å²) < 4.78 is 6.90. The molecule has 0 atom stereocenters. The Morgan fingerprint density at radius 2 is 1.88 bits per heavy atom. The van der Waals surface area contributed by atoms with E-state index in [0.29, 0.717) is 23.5 Å². The number of carbonyl (C=O) groups is 2. The lowest BCUT2D eigenvalue weighted by Crippen LogP contribution is -2.24. The minimum absolute atomic E-state index is 0.140. The molecule has 0 unspecified atom stereocenters. The van der Waals surface area contributed by atoms with Crippen molar-refractivity contribution in [3.63, 3.8) is 0 Å². The van der Waals surface area contributed by atoms with E-state index in [1.807, 2.05) is 32.9 Å². The molecular weight excluding hydrogens is 336 g/mol. The molecule has 0 N–H and O–H groups in total. The van der Waals surface area contributed by atoms with E-state index < -0.39 is 0 Å². The second kappa shape index (κ2) is 8.25. The SMILES string of the molecule is CCC(=O)Oc1c(CC)sc(=Nc2ccc(C)cc2C)n1C(=O)CC. The largest absolute Gasteiger partial charge is 0.408 e. The number of thiazole rings is 1. The topological polar surface area (TPSA) is 60.7 Å². The van der Waals surface area contributed by atoms with Crippen LogP contribution in [0.3, 0.4) is 0 Å². The van der Waals surface area contributed by atoms with Gasteiger partial charge in [0.1, 0.15) is 0 Å². The summed E-state index contributed by atoms with van der Waals surface area (Å²) in [5, 5.41) is 0. The van der Waals surface area contributed by atoms with Gasteiger partial charge in [0.15, 0.2) is 4.80 Å². The van der Waals surface area contributed by atoms with E-state index >= 15 is 0 Å². The first-order chi connectivity index (χ1) is 11.9. The lowest BCUT2D eigenvalue weighted by Gasteiger charge is -2.08. The van der Waals surface area contributed by atoms with Gasteiger partial charge in [-0.1, -0.05) is 49.8 Å². The van der Waals surface area contributed by atoms with Gasteiger partial charge in [-0.2, -0.15) is 0 Å². The molecule has 0 spiro atoms. The number of aromatic nitrogens is 1. The fourth-order valence-electron chi connectivity index (χ4n) is 2.40. The van der Waals surface area contributed by atoms with Crippen LogP contribution in [0.5, 0.6) is 5.88 Å². The van der Waals surface area contributed by atoms with Crippen molar-refractivity contribution in [1.29, 1.82) is 0 Å². The average molecular weight is 360 g/mol. The van der Waals surface area contributed by atoms with Crippen molar-refractivity contribution in [3.8, 4) is 5.88 Å². The average Bonchev–Trinajstić information content (AvgIpc) is 2.93. The Bertz CT molecular complexity index is 862. The summed E-state index contributed by atoms with van der Waals surface area (Å²) in [6, 6.07) is 5.98. The van der Waals surface area contributed by atoms with Gasteiger partial charge in [-0.05, 0) is 31.9 Å². The first-order valence-electron chi connectivity index (χ1n) is 8.51. The predicted molar refractivity (Wildman–Crippen MR) is 99.7 cm³/mol. The minimum atomic E-state index is -0.358. The van der Waals surface area contributed by atoms with Gasteiger partial charge in [-0.25, -0.2) is 9.56 Å². The Hall–Kier alpha value is -2.21. The van der Waals surface area contributed by atoms with Crippen LogP contribution in [0.2, 0.25) is 0 Å². The standard InChI is InChI=1S/C19H24N2O3S/c1-6-15-18(24-17(23)8-3)21(16(22)7-2)19(25-15)20-14-10-9-12(4)11-13(14)5/h9-11H,6-8H2,1-5H3. The number of benzene rings is 1. The van der Waals surface area contributed by atoms with Crippen LogP contribution in [-0.2, 0) is 11.2 Å². The van der Waals surface area contributed by atoms with Crippen LogP contribution in [0.1, 0.15) is 54.4 Å². The van der Waals surface area contributed by atoms with Crippen LogP contribution < -0.4 is 9.54 Å². The molecule has 2 aromatic rings. The van der Waals surface area contributed by atoms with Crippen molar-refractivity contribution >= 4 is 28.9 Å². The van der Waals surface area contributed by atoms with Crippen LogP contribution >= 0.6 is 11.3 Å². The highest BCUT2D eigenvalue weighted by molar-refractivity contribution is 7.09. The summed E-state index contributed by atoms with van der Waals surface area (Å²) in [6.07, 6.45) is 1.22. The summed E-state index contributed by atoms with van der Waals surface area (Å²) in [5.74, 6) is -0.184. The Morgan fingerprint density at radius 3 is 2.44 bits per heavy atom. The van der Waals surface area contributed by atoms with Gasteiger partial charge in [0.2, 0.25) is 11.8 Å². The summed E-state index contributed by atoms with van der Waals surface area (Å²) in [4.78, 5) is 30.4. The molecule has 0 bridgehead atoms. The van der Waals surface area contributed by atoms with Crippen molar-refractivity contribution < 1.29 is 14.3 Å². The normalized spacial score (nSPS) is 11.6. The van der Waals surface area contributed by atoms with E-state index in [1.54, 1.807) is 13.8 Å². The first kappa shape index (κ1) is 19.1. The van der Waals surface area contributed by atoms with Crippen molar-refractivity contribution in [2.24, 2.45) is 4.99 Å². The Balaban J connectivity index is 2.70. The van der Waals surface area contributed by atoms with Gasteiger partial charge in [-0.15, -0.1) is 0 Å². The van der Waals surface area contributed by atoms with E-state index in [0.717, 1.165) is 21.7 Å². The van der Waals surface area contributed by atoms with E-state index in [9.17, 15) is 9.59 Å². The number of nitrogens with zero attached hydrogens (tertiary/aromatic N) is 2. The molecule has 134 valence electrons. The molecule has 0 saturated heterocycles. The van der Waals surface area contributed by atoms with Gasteiger partial charge in [-0.3, -0.25) is 9.59 Å². The van der Waals surface area contributed by atoms with Crippen LogP contribution in [0.25, 0.3) is 0 Å². The number of ether oxygens (including phenoxy) is 1. The zero-order valence-corrected chi connectivity index (χ0v) is 16.2. The van der Waals surface area contributed by atoms with Gasteiger partial charge >= 0.3 is 5.97 Å². The summed E-state index contributed by atoms with van der Waals surface area (Å²) in [6.45, 7) is 9.50. The number of hydrogen-bond acceptors (Lipinski definition) is 5. The molecule has 0 aliphatic heterocycles. The highest BCUT2D eigenvalue weighted by Crippen LogP contribution is 2.25. The number of carbonyl (C=O) groups excluding carboxylic acids is 2. The smallest absolute Gasteiger partial charge is 0.312 e. The van der Waals surface area contributed by atoms with Crippen LogP contribution in [0.15, 0.2) is 23.2 Å². The Kier molecular flexibility index (Phi) is 6.31. The van der Waals surface area contributed by atoms with Gasteiger partial charge < -0.3 is 4.74 Å². The summed E-state index contributed by atoms with van der Waals surface area (Å²) in [7, 11) is 0. The van der Waals surface area contributed by atoms with Gasteiger partial charge in [0.25, 0.3) is 0 Å². The molecule has 0 radical (unpaired) electrons.